The summed E-state index contributed by atoms with van der Waals surface area (Å²) in [5, 5.41) is 10.6. The Labute approximate surface area is 613 Å². The highest BCUT2D eigenvalue weighted by Crippen LogP contribution is 2.45. The third-order valence-corrected chi connectivity index (χ3v) is 21.4. The molecule has 0 bridgehead atoms. The van der Waals surface area contributed by atoms with Crippen molar-refractivity contribution in [3.63, 3.8) is 0 Å². The monoisotopic (exact) mass is 1470 g/mol. The minimum absolute atomic E-state index is 0.107. The van der Waals surface area contributed by atoms with Crippen molar-refractivity contribution >= 4 is 39.5 Å². The molecule has 0 aliphatic carbocycles. The van der Waals surface area contributed by atoms with Gasteiger partial charge in [0.2, 0.25) is 0 Å². The smallest absolute Gasteiger partial charge is 0.462 e. The van der Waals surface area contributed by atoms with Crippen molar-refractivity contribution in [2.45, 2.75) is 433 Å². The summed E-state index contributed by atoms with van der Waals surface area (Å²) >= 11 is 0. The van der Waals surface area contributed by atoms with Gasteiger partial charge in [-0.2, -0.15) is 0 Å². The second-order valence-corrected chi connectivity index (χ2v) is 33.5. The molecule has 19 heteroatoms. The van der Waals surface area contributed by atoms with Gasteiger partial charge in [0.15, 0.2) is 12.2 Å². The zero-order valence-electron chi connectivity index (χ0n) is 65.8. The van der Waals surface area contributed by atoms with E-state index in [2.05, 4.69) is 55.4 Å². The number of unbranched alkanes of at least 4 members (excludes halogenated alkanes) is 42. The quantitative estimate of drug-likeness (QED) is 0.0222. The van der Waals surface area contributed by atoms with Crippen LogP contribution in [0.5, 0.6) is 0 Å². The van der Waals surface area contributed by atoms with Crippen LogP contribution < -0.4 is 0 Å². The maximum Gasteiger partial charge on any atom is 0.472 e. The van der Waals surface area contributed by atoms with Crippen LogP contribution in [0.3, 0.4) is 0 Å². The Morgan fingerprint density at radius 1 is 0.280 bits per heavy atom. The zero-order chi connectivity index (χ0) is 73.8. The number of carbonyl (C=O) groups is 4. The number of hydrogen-bond donors (Lipinski definition) is 3. The summed E-state index contributed by atoms with van der Waals surface area (Å²) in [4.78, 5) is 73.0. The van der Waals surface area contributed by atoms with Crippen LogP contribution in [-0.4, -0.2) is 96.7 Å². The lowest BCUT2D eigenvalue weighted by atomic mass is 9.99. The van der Waals surface area contributed by atoms with Crippen LogP contribution in [0.25, 0.3) is 0 Å². The van der Waals surface area contributed by atoms with Crippen LogP contribution in [0.2, 0.25) is 0 Å². The maximum absolute atomic E-state index is 13.1. The van der Waals surface area contributed by atoms with E-state index in [-0.39, 0.29) is 25.7 Å². The Hall–Kier alpha value is -1.94. The Morgan fingerprint density at radius 2 is 0.480 bits per heavy atom. The number of phosphoric acid groups is 2. The lowest BCUT2D eigenvalue weighted by molar-refractivity contribution is -0.161. The lowest BCUT2D eigenvalue weighted by Gasteiger charge is -2.21. The molecule has 0 spiro atoms. The van der Waals surface area contributed by atoms with Crippen LogP contribution in [0.1, 0.15) is 415 Å². The van der Waals surface area contributed by atoms with Gasteiger partial charge in [0.25, 0.3) is 0 Å². The molecule has 0 fully saturated rings. The van der Waals surface area contributed by atoms with Gasteiger partial charge >= 0.3 is 39.5 Å². The molecule has 0 saturated heterocycles. The Kier molecular flexibility index (Phi) is 68.7. The van der Waals surface area contributed by atoms with E-state index in [9.17, 15) is 43.2 Å². The third-order valence-electron chi connectivity index (χ3n) is 19.5. The van der Waals surface area contributed by atoms with E-state index in [1.54, 1.807) is 0 Å². The van der Waals surface area contributed by atoms with Gasteiger partial charge in [-0.1, -0.05) is 364 Å². The van der Waals surface area contributed by atoms with Gasteiger partial charge in [-0.25, -0.2) is 9.13 Å². The van der Waals surface area contributed by atoms with Gasteiger partial charge in [0.1, 0.15) is 19.3 Å². The molecule has 0 aromatic carbocycles. The summed E-state index contributed by atoms with van der Waals surface area (Å²) in [6.45, 7) is 14.3. The summed E-state index contributed by atoms with van der Waals surface area (Å²) in [5.41, 5.74) is 0. The van der Waals surface area contributed by atoms with Crippen LogP contribution in [0.15, 0.2) is 0 Å². The molecule has 0 rings (SSSR count). The second kappa shape index (κ2) is 70.1. The molecule has 4 unspecified atom stereocenters. The first-order chi connectivity index (χ1) is 48.2. The van der Waals surface area contributed by atoms with Crippen molar-refractivity contribution < 1.29 is 80.2 Å². The third kappa shape index (κ3) is 71.7. The van der Waals surface area contributed by atoms with E-state index in [1.807, 2.05) is 0 Å². The fourth-order valence-electron chi connectivity index (χ4n) is 12.4. The molecule has 100 heavy (non-hydrogen) atoms. The number of esters is 4. The predicted molar refractivity (Wildman–Crippen MR) is 409 cm³/mol. The Bertz CT molecular complexity index is 1960. The summed E-state index contributed by atoms with van der Waals surface area (Å²) in [5.74, 6) is 1.01. The molecule has 0 aromatic heterocycles. The van der Waals surface area contributed by atoms with E-state index in [0.717, 1.165) is 120 Å². The van der Waals surface area contributed by atoms with Crippen LogP contribution in [0, 0.1) is 23.7 Å². The number of carbonyl (C=O) groups excluding carboxylic acids is 4. The summed E-state index contributed by atoms with van der Waals surface area (Å²) in [7, 11) is -9.92. The number of phosphoric ester groups is 2. The highest BCUT2D eigenvalue weighted by Gasteiger charge is 2.30. The Morgan fingerprint density at radius 3 is 0.710 bits per heavy atom. The molecule has 0 heterocycles. The average Bonchev–Trinajstić information content (AvgIpc) is 0.984. The van der Waals surface area contributed by atoms with Crippen molar-refractivity contribution in [2.24, 2.45) is 23.7 Å². The minimum atomic E-state index is -4.96. The molecule has 0 aromatic rings. The van der Waals surface area contributed by atoms with Gasteiger partial charge in [-0.3, -0.25) is 37.3 Å². The standard InChI is InChI=1S/C81H158O17P2/c1-9-73(7)59-51-43-35-28-24-20-15-13-11-12-14-16-21-25-29-37-47-55-64-81(86)98-77(68-92-79(84)62-54-46-40-39-44-52-60-74(8)10-2)70-96-100(89,90)94-66-75(82)65-93-99(87,88)95-69-76(67-91-78(83)61-53-45-36-32-31-34-42-50-58-72(5)6)97-80(85)63-56-48-38-30-26-22-18-17-19-23-27-33-41-49-57-71(3)4/h71-77,82H,9-70H2,1-8H3,(H,87,88)(H,89,90)/t73?,74?,75-,76-,77-/m1/s1. The molecule has 0 aliphatic rings. The molecule has 0 aliphatic heterocycles. The van der Waals surface area contributed by atoms with Crippen molar-refractivity contribution in [2.75, 3.05) is 39.6 Å². The van der Waals surface area contributed by atoms with E-state index in [0.29, 0.717) is 25.7 Å². The minimum Gasteiger partial charge on any atom is -0.462 e. The first-order valence-corrected chi connectivity index (χ1v) is 44.8. The first-order valence-electron chi connectivity index (χ1n) is 41.8. The van der Waals surface area contributed by atoms with E-state index >= 15 is 0 Å². The van der Waals surface area contributed by atoms with E-state index in [4.69, 9.17) is 37.0 Å². The number of ether oxygens (including phenoxy) is 4. The molecule has 0 amide bonds. The van der Waals surface area contributed by atoms with Gasteiger partial charge in [-0.15, -0.1) is 0 Å². The average molecular weight is 1470 g/mol. The maximum atomic E-state index is 13.1. The molecular weight excluding hydrogens is 1310 g/mol. The fourth-order valence-corrected chi connectivity index (χ4v) is 13.9. The summed E-state index contributed by atoms with van der Waals surface area (Å²) in [6.07, 6.45) is 57.0. The molecule has 0 saturated carbocycles. The van der Waals surface area contributed by atoms with E-state index in [1.165, 1.54) is 212 Å². The van der Waals surface area contributed by atoms with E-state index < -0.39 is 97.5 Å². The lowest BCUT2D eigenvalue weighted by Crippen LogP contribution is -2.30. The Balaban J connectivity index is 5.18. The largest absolute Gasteiger partial charge is 0.472 e. The second-order valence-electron chi connectivity index (χ2n) is 30.6. The van der Waals surface area contributed by atoms with Gasteiger partial charge in [0, 0.05) is 25.7 Å². The van der Waals surface area contributed by atoms with Gasteiger partial charge in [0.05, 0.1) is 26.4 Å². The number of aliphatic hydroxyl groups excluding tert-OH is 1. The van der Waals surface area contributed by atoms with Gasteiger partial charge in [-0.05, 0) is 49.4 Å². The molecule has 0 radical (unpaired) electrons. The van der Waals surface area contributed by atoms with Crippen molar-refractivity contribution in [1.82, 2.24) is 0 Å². The number of rotatable bonds is 78. The molecule has 17 nitrogen and oxygen atoms in total. The molecule has 7 atom stereocenters. The molecule has 3 N–H and O–H groups in total. The molecular formula is C81H158O17P2. The SMILES string of the molecule is CCC(C)CCCCCCCCCCCCCCCCCCCCC(=O)O[C@H](COC(=O)CCCCCCCCC(C)CC)COP(=O)(O)OC[C@H](O)COP(=O)(O)OC[C@@H](COC(=O)CCCCCCCCCCC(C)C)OC(=O)CCCCCCCCCCCCCCCCC(C)C. The van der Waals surface area contributed by atoms with Gasteiger partial charge < -0.3 is 33.8 Å². The van der Waals surface area contributed by atoms with Crippen LogP contribution >= 0.6 is 15.6 Å². The predicted octanol–water partition coefficient (Wildman–Crippen LogP) is 24.0. The zero-order valence-corrected chi connectivity index (χ0v) is 67.6. The molecule has 594 valence electrons. The number of aliphatic hydroxyl groups is 1. The van der Waals surface area contributed by atoms with Crippen molar-refractivity contribution in [3.05, 3.63) is 0 Å². The van der Waals surface area contributed by atoms with Crippen LogP contribution in [0.4, 0.5) is 0 Å². The van der Waals surface area contributed by atoms with Crippen molar-refractivity contribution in [3.8, 4) is 0 Å². The summed E-state index contributed by atoms with van der Waals surface area (Å²) in [6, 6.07) is 0. The summed E-state index contributed by atoms with van der Waals surface area (Å²) < 4.78 is 68.7. The number of hydrogen-bond acceptors (Lipinski definition) is 15. The normalized spacial score (nSPS) is 14.6. The highest BCUT2D eigenvalue weighted by molar-refractivity contribution is 7.47. The topological polar surface area (TPSA) is 237 Å². The van der Waals surface area contributed by atoms with Crippen LogP contribution in [-0.2, 0) is 65.4 Å². The highest BCUT2D eigenvalue weighted by atomic mass is 31.2. The fraction of sp³-hybridized carbons (Fsp3) is 0.951. The first kappa shape index (κ1) is 98.1. The van der Waals surface area contributed by atoms with Crippen molar-refractivity contribution in [1.29, 1.82) is 0 Å².